The summed E-state index contributed by atoms with van der Waals surface area (Å²) in [6.07, 6.45) is 1.46. The van der Waals surface area contributed by atoms with Crippen molar-refractivity contribution in [3.05, 3.63) is 30.1 Å². The highest BCUT2D eigenvalue weighted by molar-refractivity contribution is 5.47. The minimum absolute atomic E-state index is 0.585. The fourth-order valence-corrected chi connectivity index (χ4v) is 1.64. The number of aromatic nitrogens is 3. The Hall–Kier alpha value is -2.24. The van der Waals surface area contributed by atoms with Crippen LogP contribution >= 0.6 is 0 Å². The van der Waals surface area contributed by atoms with Gasteiger partial charge in [-0.1, -0.05) is 12.1 Å². The van der Waals surface area contributed by atoms with Crippen LogP contribution in [0.1, 0.15) is 12.5 Å². The fourth-order valence-electron chi connectivity index (χ4n) is 1.64. The fraction of sp³-hybridized carbons (Fsp3) is 0.333. The van der Waals surface area contributed by atoms with Gasteiger partial charge in [-0.2, -0.15) is 5.10 Å². The van der Waals surface area contributed by atoms with E-state index in [1.807, 2.05) is 25.1 Å². The van der Waals surface area contributed by atoms with Gasteiger partial charge in [0, 0.05) is 12.1 Å². The van der Waals surface area contributed by atoms with Crippen LogP contribution in [0.5, 0.6) is 11.5 Å². The summed E-state index contributed by atoms with van der Waals surface area (Å²) in [6.45, 7) is 3.12. The molecular formula is C12H16N4O2. The summed E-state index contributed by atoms with van der Waals surface area (Å²) >= 11 is 0. The molecule has 0 radical (unpaired) electrons. The molecule has 1 aromatic carbocycles. The van der Waals surface area contributed by atoms with Gasteiger partial charge in [0.1, 0.15) is 6.33 Å². The maximum Gasteiger partial charge on any atom is 0.218 e. The Labute approximate surface area is 105 Å². The topological polar surface area (TPSA) is 72.1 Å². The molecule has 6 nitrogen and oxygen atoms in total. The number of para-hydroxylation sites is 1. The Morgan fingerprint density at radius 3 is 2.94 bits per heavy atom. The van der Waals surface area contributed by atoms with Crippen LogP contribution in [-0.2, 0) is 6.54 Å². The van der Waals surface area contributed by atoms with Crippen LogP contribution in [0.3, 0.4) is 0 Å². The van der Waals surface area contributed by atoms with Gasteiger partial charge in [0.15, 0.2) is 11.5 Å². The van der Waals surface area contributed by atoms with Crippen molar-refractivity contribution in [3.63, 3.8) is 0 Å². The number of anilines is 1. The first-order valence-corrected chi connectivity index (χ1v) is 5.73. The standard InChI is InChI=1S/C12H16N4O2/c1-3-18-11-9(5-4-6-10(11)17-2)7-13-12-14-8-15-16-12/h4-6,8H,3,7H2,1-2H3,(H2,13,14,15,16). The number of hydrogen-bond donors (Lipinski definition) is 2. The summed E-state index contributed by atoms with van der Waals surface area (Å²) in [7, 11) is 1.63. The first-order valence-electron chi connectivity index (χ1n) is 5.73. The van der Waals surface area contributed by atoms with Gasteiger partial charge in [0.2, 0.25) is 5.95 Å². The molecule has 0 bridgehead atoms. The lowest BCUT2D eigenvalue weighted by Crippen LogP contribution is -2.05. The maximum atomic E-state index is 5.62. The third-order valence-electron chi connectivity index (χ3n) is 2.43. The van der Waals surface area contributed by atoms with E-state index in [1.54, 1.807) is 7.11 Å². The van der Waals surface area contributed by atoms with E-state index < -0.39 is 0 Å². The zero-order valence-electron chi connectivity index (χ0n) is 10.4. The summed E-state index contributed by atoms with van der Waals surface area (Å²) in [5.41, 5.74) is 1.01. The summed E-state index contributed by atoms with van der Waals surface area (Å²) in [5, 5.41) is 9.64. The number of hydrogen-bond acceptors (Lipinski definition) is 5. The van der Waals surface area contributed by atoms with Gasteiger partial charge in [-0.15, -0.1) is 0 Å². The SMILES string of the molecule is CCOc1c(CNc2ncn[nH]2)cccc1OC. The molecule has 6 heteroatoms. The Morgan fingerprint density at radius 1 is 1.39 bits per heavy atom. The van der Waals surface area contributed by atoms with E-state index in [0.29, 0.717) is 19.1 Å². The van der Waals surface area contributed by atoms with Crippen molar-refractivity contribution in [3.8, 4) is 11.5 Å². The molecular weight excluding hydrogens is 232 g/mol. The molecule has 0 saturated carbocycles. The monoisotopic (exact) mass is 248 g/mol. The lowest BCUT2D eigenvalue weighted by Gasteiger charge is -2.14. The molecule has 96 valence electrons. The van der Waals surface area contributed by atoms with E-state index in [9.17, 15) is 0 Å². The molecule has 0 aliphatic rings. The molecule has 1 aromatic heterocycles. The minimum Gasteiger partial charge on any atom is -0.493 e. The second kappa shape index (κ2) is 5.90. The number of rotatable bonds is 6. The lowest BCUT2D eigenvalue weighted by atomic mass is 10.2. The van der Waals surface area contributed by atoms with Crippen LogP contribution < -0.4 is 14.8 Å². The molecule has 0 atom stereocenters. The van der Waals surface area contributed by atoms with Crippen LogP contribution in [0, 0.1) is 0 Å². The van der Waals surface area contributed by atoms with E-state index in [-0.39, 0.29) is 0 Å². The van der Waals surface area contributed by atoms with Crippen LogP contribution in [0.25, 0.3) is 0 Å². The van der Waals surface area contributed by atoms with Gasteiger partial charge in [0.05, 0.1) is 13.7 Å². The Balaban J connectivity index is 2.15. The largest absolute Gasteiger partial charge is 0.493 e. The molecule has 2 aromatic rings. The van der Waals surface area contributed by atoms with Gasteiger partial charge in [-0.25, -0.2) is 10.1 Å². The molecule has 0 aliphatic carbocycles. The van der Waals surface area contributed by atoms with Crippen LogP contribution in [0.4, 0.5) is 5.95 Å². The third kappa shape index (κ3) is 2.71. The van der Waals surface area contributed by atoms with Crippen molar-refractivity contribution in [1.29, 1.82) is 0 Å². The molecule has 0 saturated heterocycles. The third-order valence-corrected chi connectivity index (χ3v) is 2.43. The van der Waals surface area contributed by atoms with Crippen molar-refractivity contribution in [2.75, 3.05) is 19.0 Å². The van der Waals surface area contributed by atoms with Crippen molar-refractivity contribution in [1.82, 2.24) is 15.2 Å². The number of methoxy groups -OCH3 is 1. The average Bonchev–Trinajstić information content (AvgIpc) is 2.91. The Morgan fingerprint density at radius 2 is 2.28 bits per heavy atom. The van der Waals surface area contributed by atoms with E-state index in [0.717, 1.165) is 17.1 Å². The van der Waals surface area contributed by atoms with Gasteiger partial charge >= 0.3 is 0 Å². The minimum atomic E-state index is 0.585. The first kappa shape index (κ1) is 12.2. The number of nitrogens with one attached hydrogen (secondary N) is 2. The summed E-state index contributed by atoms with van der Waals surface area (Å²) in [4.78, 5) is 4.00. The number of aromatic amines is 1. The van der Waals surface area contributed by atoms with Crippen LogP contribution in [-0.4, -0.2) is 28.9 Å². The molecule has 0 fully saturated rings. The van der Waals surface area contributed by atoms with Crippen LogP contribution in [0.2, 0.25) is 0 Å². The zero-order chi connectivity index (χ0) is 12.8. The molecule has 1 heterocycles. The zero-order valence-corrected chi connectivity index (χ0v) is 10.4. The highest BCUT2D eigenvalue weighted by Gasteiger charge is 2.10. The highest BCUT2D eigenvalue weighted by atomic mass is 16.5. The maximum absolute atomic E-state index is 5.62. The molecule has 0 aliphatic heterocycles. The predicted octanol–water partition coefficient (Wildman–Crippen LogP) is 1.82. The Kier molecular flexibility index (Phi) is 4.01. The predicted molar refractivity (Wildman–Crippen MR) is 67.9 cm³/mol. The average molecular weight is 248 g/mol. The molecule has 0 unspecified atom stereocenters. The smallest absolute Gasteiger partial charge is 0.218 e. The van der Waals surface area contributed by atoms with Crippen molar-refractivity contribution >= 4 is 5.95 Å². The van der Waals surface area contributed by atoms with Gasteiger partial charge in [-0.3, -0.25) is 0 Å². The van der Waals surface area contributed by atoms with Gasteiger partial charge < -0.3 is 14.8 Å². The van der Waals surface area contributed by atoms with Crippen molar-refractivity contribution in [2.45, 2.75) is 13.5 Å². The van der Waals surface area contributed by atoms with E-state index in [2.05, 4.69) is 20.5 Å². The van der Waals surface area contributed by atoms with Crippen molar-refractivity contribution < 1.29 is 9.47 Å². The number of nitrogens with zero attached hydrogens (tertiary/aromatic N) is 2. The first-order chi connectivity index (χ1) is 8.85. The number of H-pyrrole nitrogens is 1. The van der Waals surface area contributed by atoms with Gasteiger partial charge in [-0.05, 0) is 13.0 Å². The second-order valence-electron chi connectivity index (χ2n) is 3.57. The quantitative estimate of drug-likeness (QED) is 0.816. The highest BCUT2D eigenvalue weighted by Crippen LogP contribution is 2.31. The summed E-state index contributed by atoms with van der Waals surface area (Å²) < 4.78 is 10.9. The van der Waals surface area contributed by atoms with Gasteiger partial charge in [0.25, 0.3) is 0 Å². The Bertz CT molecular complexity index is 485. The number of ether oxygens (including phenoxy) is 2. The molecule has 18 heavy (non-hydrogen) atoms. The van der Waals surface area contributed by atoms with E-state index in [1.165, 1.54) is 6.33 Å². The van der Waals surface area contributed by atoms with Crippen molar-refractivity contribution in [2.24, 2.45) is 0 Å². The van der Waals surface area contributed by atoms with E-state index in [4.69, 9.17) is 9.47 Å². The lowest BCUT2D eigenvalue weighted by molar-refractivity contribution is 0.308. The molecule has 0 amide bonds. The molecule has 2 rings (SSSR count). The number of benzene rings is 1. The van der Waals surface area contributed by atoms with E-state index >= 15 is 0 Å². The molecule has 0 spiro atoms. The summed E-state index contributed by atoms with van der Waals surface area (Å²) in [5.74, 6) is 2.11. The molecule has 2 N–H and O–H groups in total. The normalized spacial score (nSPS) is 10.1. The van der Waals surface area contributed by atoms with Crippen LogP contribution in [0.15, 0.2) is 24.5 Å². The second-order valence-corrected chi connectivity index (χ2v) is 3.57. The summed E-state index contributed by atoms with van der Waals surface area (Å²) in [6, 6.07) is 5.79.